The fourth-order valence-corrected chi connectivity index (χ4v) is 1.73. The van der Waals surface area contributed by atoms with Crippen molar-refractivity contribution in [3.8, 4) is 0 Å². The molecule has 2 rings (SSSR count). The number of hydrogen-bond acceptors (Lipinski definition) is 4. The summed E-state index contributed by atoms with van der Waals surface area (Å²) in [7, 11) is 0. The molecule has 0 amide bonds. The lowest BCUT2D eigenvalue weighted by Gasteiger charge is -2.05. The van der Waals surface area contributed by atoms with E-state index in [4.69, 9.17) is 10.8 Å². The Bertz CT molecular complexity index is 604. The summed E-state index contributed by atoms with van der Waals surface area (Å²) in [6, 6.07) is 15.9. The van der Waals surface area contributed by atoms with Crippen LogP contribution >= 0.6 is 0 Å². The summed E-state index contributed by atoms with van der Waals surface area (Å²) in [6.45, 7) is 1.47. The maximum atomic E-state index is 12.2. The molecular formula is C15H12N2O2. The molecule has 0 aliphatic rings. The number of nitrogens with zero attached hydrogens (tertiary/aromatic N) is 2. The van der Waals surface area contributed by atoms with Crippen LogP contribution in [0.2, 0.25) is 0 Å². The first-order chi connectivity index (χ1) is 9.20. The van der Waals surface area contributed by atoms with Crippen molar-refractivity contribution in [3.63, 3.8) is 0 Å². The molecule has 0 spiro atoms. The van der Waals surface area contributed by atoms with Crippen LogP contribution < -0.4 is 0 Å². The molecule has 0 aliphatic heterocycles. The fourth-order valence-electron chi connectivity index (χ4n) is 1.73. The summed E-state index contributed by atoms with van der Waals surface area (Å²) < 4.78 is 0. The van der Waals surface area contributed by atoms with Gasteiger partial charge < -0.3 is 0 Å². The van der Waals surface area contributed by atoms with Crippen LogP contribution in [0.15, 0.2) is 54.6 Å². The van der Waals surface area contributed by atoms with Gasteiger partial charge in [0.1, 0.15) is 0 Å². The maximum Gasteiger partial charge on any atom is 0.193 e. The van der Waals surface area contributed by atoms with Crippen LogP contribution in [-0.4, -0.2) is 11.6 Å². The van der Waals surface area contributed by atoms with Crippen molar-refractivity contribution in [1.82, 2.24) is 0 Å². The van der Waals surface area contributed by atoms with Crippen molar-refractivity contribution >= 4 is 11.6 Å². The molecule has 94 valence electrons. The molecule has 0 aromatic heterocycles. The Hall–Kier alpha value is -2.80. The van der Waals surface area contributed by atoms with Crippen molar-refractivity contribution in [2.24, 2.45) is 0 Å². The first-order valence-electron chi connectivity index (χ1n) is 5.60. The van der Waals surface area contributed by atoms with Gasteiger partial charge in [-0.15, -0.1) is 0 Å². The van der Waals surface area contributed by atoms with E-state index in [2.05, 4.69) is 0 Å². The third-order valence-corrected chi connectivity index (χ3v) is 2.59. The van der Waals surface area contributed by atoms with Gasteiger partial charge in [0.2, 0.25) is 0 Å². The van der Waals surface area contributed by atoms with E-state index in [1.807, 2.05) is 18.2 Å². The van der Waals surface area contributed by atoms with E-state index >= 15 is 0 Å². The average molecular weight is 252 g/mol. The van der Waals surface area contributed by atoms with Crippen LogP contribution in [0.5, 0.6) is 0 Å². The summed E-state index contributed by atoms with van der Waals surface area (Å²) in [6.07, 6.45) is 0. The van der Waals surface area contributed by atoms with E-state index in [0.29, 0.717) is 16.7 Å². The fraction of sp³-hybridized carbons (Fsp3) is 0.0667. The predicted octanol–water partition coefficient (Wildman–Crippen LogP) is 3.15. The maximum absolute atomic E-state index is 12.2. The highest BCUT2D eigenvalue weighted by molar-refractivity contribution is 6.15. The molecule has 0 atom stereocenters. The molecule has 4 nitrogen and oxygen atoms in total. The molecule has 4 heteroatoms. The third kappa shape index (κ3) is 3.33. The van der Waals surface area contributed by atoms with Crippen molar-refractivity contribution < 1.29 is 9.59 Å². The lowest BCUT2D eigenvalue weighted by Crippen LogP contribution is -2.07. The second-order valence-electron chi connectivity index (χ2n) is 3.80. The van der Waals surface area contributed by atoms with Gasteiger partial charge in [0.15, 0.2) is 11.6 Å². The Morgan fingerprint density at radius 3 is 1.79 bits per heavy atom. The molecule has 0 aliphatic carbocycles. The van der Waals surface area contributed by atoms with Crippen LogP contribution in [0.1, 0.15) is 33.2 Å². The van der Waals surface area contributed by atoms with Crippen LogP contribution in [0.3, 0.4) is 0 Å². The van der Waals surface area contributed by atoms with Gasteiger partial charge >= 0.3 is 0 Å². The molecule has 0 unspecified atom stereocenters. The first kappa shape index (κ1) is 14.3. The average Bonchev–Trinajstić information content (AvgIpc) is 2.49. The number of carbonyl (C=O) groups excluding carboxylic acids is 2. The first-order valence-corrected chi connectivity index (χ1v) is 5.60. The van der Waals surface area contributed by atoms with Crippen LogP contribution in [-0.2, 0) is 0 Å². The minimum absolute atomic E-state index is 0.0927. The van der Waals surface area contributed by atoms with Gasteiger partial charge in [0.25, 0.3) is 0 Å². The quantitative estimate of drug-likeness (QED) is 0.620. The Morgan fingerprint density at radius 2 is 1.26 bits per heavy atom. The minimum Gasteiger partial charge on any atom is -0.294 e. The summed E-state index contributed by atoms with van der Waals surface area (Å²) in [5.74, 6) is -0.207. The highest BCUT2D eigenvalue weighted by Gasteiger charge is 2.14. The van der Waals surface area contributed by atoms with Crippen molar-refractivity contribution in [2.45, 2.75) is 6.92 Å². The zero-order chi connectivity index (χ0) is 14.3. The minimum atomic E-state index is -0.114. The molecule has 0 saturated heterocycles. The smallest absolute Gasteiger partial charge is 0.193 e. The van der Waals surface area contributed by atoms with E-state index in [-0.39, 0.29) is 11.6 Å². The Labute approximate surface area is 111 Å². The van der Waals surface area contributed by atoms with Gasteiger partial charge in [0.05, 0.1) is 0 Å². The van der Waals surface area contributed by atoms with Crippen LogP contribution in [0, 0.1) is 10.8 Å². The normalized spacial score (nSPS) is 9.00. The second kappa shape index (κ2) is 6.82. The molecule has 19 heavy (non-hydrogen) atoms. The van der Waals surface area contributed by atoms with Crippen molar-refractivity contribution in [1.29, 1.82) is 10.8 Å². The highest BCUT2D eigenvalue weighted by atomic mass is 16.1. The summed E-state index contributed by atoms with van der Waals surface area (Å²) in [4.78, 5) is 23.7. The van der Waals surface area contributed by atoms with Crippen molar-refractivity contribution in [3.05, 3.63) is 71.3 Å². The molecule has 0 bridgehead atoms. The monoisotopic (exact) mass is 252 g/mol. The zero-order valence-electron chi connectivity index (χ0n) is 10.4. The zero-order valence-corrected chi connectivity index (χ0v) is 10.4. The van der Waals surface area contributed by atoms with Gasteiger partial charge in [-0.2, -0.15) is 0 Å². The topological polar surface area (TPSA) is 81.7 Å². The molecule has 0 saturated carbocycles. The number of benzene rings is 2. The molecule has 2 aromatic rings. The van der Waals surface area contributed by atoms with Gasteiger partial charge in [-0.3, -0.25) is 9.59 Å². The van der Waals surface area contributed by atoms with Gasteiger partial charge in [-0.1, -0.05) is 54.6 Å². The summed E-state index contributed by atoms with van der Waals surface area (Å²) in [5, 5.41) is 12.0. The number of Topliss-reactive ketones (excluding diaryl/α,β-unsaturated/α-hetero) is 1. The van der Waals surface area contributed by atoms with Gasteiger partial charge in [0, 0.05) is 27.5 Å². The summed E-state index contributed by atoms with van der Waals surface area (Å²) in [5.41, 5.74) is 1.54. The Balaban J connectivity index is 0.000000861. The number of carbonyl (C=O) groups is 2. The SMILES string of the molecule is CC(=O)c1ccccc1C(=O)c1ccccc1.N#N. The highest BCUT2D eigenvalue weighted by Crippen LogP contribution is 2.15. The lowest BCUT2D eigenvalue weighted by molar-refractivity contribution is 0.0990. The van der Waals surface area contributed by atoms with E-state index in [0.717, 1.165) is 0 Å². The second-order valence-corrected chi connectivity index (χ2v) is 3.80. The molecule has 0 N–H and O–H groups in total. The number of ketones is 2. The van der Waals surface area contributed by atoms with E-state index in [1.165, 1.54) is 6.92 Å². The van der Waals surface area contributed by atoms with Crippen LogP contribution in [0.4, 0.5) is 0 Å². The number of hydrogen-bond donors (Lipinski definition) is 0. The van der Waals surface area contributed by atoms with Crippen molar-refractivity contribution in [2.75, 3.05) is 0 Å². The predicted molar refractivity (Wildman–Crippen MR) is 69.8 cm³/mol. The van der Waals surface area contributed by atoms with Crippen LogP contribution in [0.25, 0.3) is 0 Å². The molecule has 2 aromatic carbocycles. The van der Waals surface area contributed by atoms with E-state index < -0.39 is 0 Å². The standard InChI is InChI=1S/C15H12O2.N2/c1-11(16)13-9-5-6-10-14(13)15(17)12-7-3-2-4-8-12;1-2/h2-10H,1H3;. The van der Waals surface area contributed by atoms with Gasteiger partial charge in [-0.05, 0) is 6.92 Å². The lowest BCUT2D eigenvalue weighted by atomic mass is 9.97. The molecular weight excluding hydrogens is 240 g/mol. The largest absolute Gasteiger partial charge is 0.294 e. The Morgan fingerprint density at radius 1 is 0.789 bits per heavy atom. The van der Waals surface area contributed by atoms with Gasteiger partial charge in [-0.25, -0.2) is 0 Å². The molecule has 0 radical (unpaired) electrons. The number of rotatable bonds is 3. The summed E-state index contributed by atoms with van der Waals surface area (Å²) >= 11 is 0. The Kier molecular flexibility index (Phi) is 5.12. The molecule has 0 heterocycles. The molecule has 0 fully saturated rings. The van der Waals surface area contributed by atoms with E-state index in [1.54, 1.807) is 36.4 Å². The third-order valence-electron chi connectivity index (χ3n) is 2.59. The van der Waals surface area contributed by atoms with E-state index in [9.17, 15) is 9.59 Å².